The molecule has 0 saturated heterocycles. The fourth-order valence-corrected chi connectivity index (χ4v) is 4.13. The highest BCUT2D eigenvalue weighted by Gasteiger charge is 2.31. The third-order valence-corrected chi connectivity index (χ3v) is 6.49. The summed E-state index contributed by atoms with van der Waals surface area (Å²) >= 11 is 13.5. The molecule has 3 aromatic rings. The summed E-state index contributed by atoms with van der Waals surface area (Å²) < 4.78 is 11.2. The van der Waals surface area contributed by atoms with Crippen LogP contribution in [-0.4, -0.2) is 12.2 Å². The van der Waals surface area contributed by atoms with Gasteiger partial charge in [-0.05, 0) is 48.2 Å². The standard InChI is InChI=1S/C24H16Cl2N2O3S/c1-32-16-6-2-13(3-7-16)22-17-8-5-15(11-21(17)31-23(28)18(22)12-27)30-24(29)14-4-9-19(25)20(26)10-14/h2-11,22H,28H2,1H3/t22-/m1/s1. The molecular formula is C24H16Cl2N2O3S. The van der Waals surface area contributed by atoms with Gasteiger partial charge in [0, 0.05) is 16.5 Å². The highest BCUT2D eigenvalue weighted by Crippen LogP contribution is 2.43. The van der Waals surface area contributed by atoms with Gasteiger partial charge in [-0.2, -0.15) is 5.26 Å². The number of nitrogens with zero attached hydrogens (tertiary/aromatic N) is 1. The van der Waals surface area contributed by atoms with E-state index in [0.717, 1.165) is 16.0 Å². The SMILES string of the molecule is CSc1ccc([C@H]2C(C#N)=C(N)Oc3cc(OC(=O)c4ccc(Cl)c(Cl)c4)ccc32)cc1. The van der Waals surface area contributed by atoms with Crippen LogP contribution in [0.3, 0.4) is 0 Å². The van der Waals surface area contributed by atoms with E-state index in [4.69, 9.17) is 38.4 Å². The van der Waals surface area contributed by atoms with Gasteiger partial charge in [0.05, 0.1) is 21.5 Å². The molecule has 0 radical (unpaired) electrons. The van der Waals surface area contributed by atoms with E-state index in [1.807, 2.05) is 30.5 Å². The first-order chi connectivity index (χ1) is 15.4. The molecule has 8 heteroatoms. The molecule has 0 aromatic heterocycles. The molecule has 1 heterocycles. The second-order valence-corrected chi connectivity index (χ2v) is 8.61. The first-order valence-corrected chi connectivity index (χ1v) is 11.4. The van der Waals surface area contributed by atoms with Crippen molar-refractivity contribution >= 4 is 40.9 Å². The molecule has 3 aromatic carbocycles. The summed E-state index contributed by atoms with van der Waals surface area (Å²) in [5.41, 5.74) is 8.31. The third-order valence-electron chi connectivity index (χ3n) is 5.01. The predicted octanol–water partition coefficient (Wildman–Crippen LogP) is 6.15. The minimum Gasteiger partial charge on any atom is -0.440 e. The van der Waals surface area contributed by atoms with E-state index in [9.17, 15) is 10.1 Å². The van der Waals surface area contributed by atoms with Crippen molar-refractivity contribution in [2.75, 3.05) is 6.26 Å². The van der Waals surface area contributed by atoms with Crippen LogP contribution in [0.1, 0.15) is 27.4 Å². The molecular weight excluding hydrogens is 467 g/mol. The van der Waals surface area contributed by atoms with E-state index in [0.29, 0.717) is 16.3 Å². The van der Waals surface area contributed by atoms with Crippen molar-refractivity contribution in [2.45, 2.75) is 10.8 Å². The van der Waals surface area contributed by atoms with E-state index in [2.05, 4.69) is 6.07 Å². The Kier molecular flexibility index (Phi) is 6.33. The monoisotopic (exact) mass is 482 g/mol. The molecule has 1 atom stereocenters. The van der Waals surface area contributed by atoms with E-state index >= 15 is 0 Å². The smallest absolute Gasteiger partial charge is 0.343 e. The Balaban J connectivity index is 1.67. The summed E-state index contributed by atoms with van der Waals surface area (Å²) in [7, 11) is 0. The molecule has 0 amide bonds. The van der Waals surface area contributed by atoms with Crippen molar-refractivity contribution in [1.82, 2.24) is 0 Å². The van der Waals surface area contributed by atoms with Gasteiger partial charge in [-0.1, -0.05) is 41.4 Å². The second kappa shape index (κ2) is 9.17. The zero-order valence-electron chi connectivity index (χ0n) is 16.8. The largest absolute Gasteiger partial charge is 0.440 e. The summed E-state index contributed by atoms with van der Waals surface area (Å²) in [6.07, 6.45) is 2.00. The molecule has 32 heavy (non-hydrogen) atoms. The number of hydrogen-bond donors (Lipinski definition) is 1. The normalized spacial score (nSPS) is 14.9. The van der Waals surface area contributed by atoms with Crippen LogP contribution in [0.15, 0.2) is 77.0 Å². The fraction of sp³-hybridized carbons (Fsp3) is 0.0833. The number of esters is 1. The van der Waals surface area contributed by atoms with Crippen molar-refractivity contribution < 1.29 is 14.3 Å². The number of halogens is 2. The Morgan fingerprint density at radius 3 is 2.50 bits per heavy atom. The van der Waals surface area contributed by atoms with Gasteiger partial charge in [0.15, 0.2) is 0 Å². The Bertz CT molecular complexity index is 1280. The van der Waals surface area contributed by atoms with Crippen LogP contribution in [0, 0.1) is 11.3 Å². The van der Waals surface area contributed by atoms with Crippen molar-refractivity contribution in [1.29, 1.82) is 5.26 Å². The van der Waals surface area contributed by atoms with Gasteiger partial charge in [0.1, 0.15) is 23.1 Å². The molecule has 0 spiro atoms. The summed E-state index contributed by atoms with van der Waals surface area (Å²) in [5.74, 6) is -0.277. The highest BCUT2D eigenvalue weighted by molar-refractivity contribution is 7.98. The molecule has 0 bridgehead atoms. The van der Waals surface area contributed by atoms with Gasteiger partial charge in [0.25, 0.3) is 0 Å². The number of fused-ring (bicyclic) bond motifs is 1. The van der Waals surface area contributed by atoms with Crippen LogP contribution < -0.4 is 15.2 Å². The average Bonchev–Trinajstić information content (AvgIpc) is 2.80. The molecule has 0 unspecified atom stereocenters. The maximum Gasteiger partial charge on any atom is 0.343 e. The van der Waals surface area contributed by atoms with Gasteiger partial charge >= 0.3 is 5.97 Å². The number of ether oxygens (including phenoxy) is 2. The lowest BCUT2D eigenvalue weighted by Gasteiger charge is -2.26. The van der Waals surface area contributed by atoms with Crippen LogP contribution in [0.2, 0.25) is 10.0 Å². The number of hydrogen-bond acceptors (Lipinski definition) is 6. The zero-order chi connectivity index (χ0) is 22.8. The maximum absolute atomic E-state index is 12.5. The lowest BCUT2D eigenvalue weighted by Crippen LogP contribution is -2.21. The molecule has 4 rings (SSSR count). The number of carbonyl (C=O) groups is 1. The molecule has 5 nitrogen and oxygen atoms in total. The maximum atomic E-state index is 12.5. The third kappa shape index (κ3) is 4.28. The fourth-order valence-electron chi connectivity index (χ4n) is 3.43. The number of nitrogens with two attached hydrogens (primary N) is 1. The van der Waals surface area contributed by atoms with Crippen molar-refractivity contribution in [3.05, 3.63) is 98.9 Å². The van der Waals surface area contributed by atoms with Crippen molar-refractivity contribution in [3.63, 3.8) is 0 Å². The van der Waals surface area contributed by atoms with Gasteiger partial charge in [-0.15, -0.1) is 11.8 Å². The number of carbonyl (C=O) groups excluding carboxylic acids is 1. The lowest BCUT2D eigenvalue weighted by molar-refractivity contribution is 0.0734. The Labute approximate surface area is 199 Å². The summed E-state index contributed by atoms with van der Waals surface area (Å²) in [5, 5.41) is 10.3. The Hall–Kier alpha value is -3.11. The second-order valence-electron chi connectivity index (χ2n) is 6.92. The van der Waals surface area contributed by atoms with E-state index < -0.39 is 5.97 Å². The molecule has 1 aliphatic rings. The summed E-state index contributed by atoms with van der Waals surface area (Å²) in [6, 6.07) is 19.6. The molecule has 0 aliphatic carbocycles. The number of thioether (sulfide) groups is 1. The Morgan fingerprint density at radius 2 is 1.84 bits per heavy atom. The van der Waals surface area contributed by atoms with E-state index in [-0.39, 0.29) is 28.1 Å². The minimum absolute atomic E-state index is 0.0203. The molecule has 0 saturated carbocycles. The predicted molar refractivity (Wildman–Crippen MR) is 125 cm³/mol. The lowest BCUT2D eigenvalue weighted by atomic mass is 9.83. The zero-order valence-corrected chi connectivity index (χ0v) is 19.1. The highest BCUT2D eigenvalue weighted by atomic mass is 35.5. The molecule has 1 aliphatic heterocycles. The van der Waals surface area contributed by atoms with E-state index in [1.165, 1.54) is 18.2 Å². The van der Waals surface area contributed by atoms with Crippen molar-refractivity contribution in [3.8, 4) is 17.6 Å². The van der Waals surface area contributed by atoms with Gasteiger partial charge in [-0.25, -0.2) is 4.79 Å². The van der Waals surface area contributed by atoms with Gasteiger partial charge in [-0.3, -0.25) is 0 Å². The quantitative estimate of drug-likeness (QED) is 0.272. The summed E-state index contributed by atoms with van der Waals surface area (Å²) in [4.78, 5) is 13.6. The molecule has 160 valence electrons. The first-order valence-electron chi connectivity index (χ1n) is 9.44. The van der Waals surface area contributed by atoms with Crippen LogP contribution in [0.25, 0.3) is 0 Å². The summed E-state index contributed by atoms with van der Waals surface area (Å²) in [6.45, 7) is 0. The Morgan fingerprint density at radius 1 is 1.09 bits per heavy atom. The topological polar surface area (TPSA) is 85.3 Å². The molecule has 2 N–H and O–H groups in total. The molecule has 0 fully saturated rings. The van der Waals surface area contributed by atoms with Crippen LogP contribution >= 0.6 is 35.0 Å². The number of allylic oxidation sites excluding steroid dienone is 1. The number of nitriles is 1. The average molecular weight is 483 g/mol. The van der Waals surface area contributed by atoms with Crippen LogP contribution in [-0.2, 0) is 0 Å². The van der Waals surface area contributed by atoms with Gasteiger partial charge in [0.2, 0.25) is 5.88 Å². The number of rotatable bonds is 4. The van der Waals surface area contributed by atoms with Gasteiger partial charge < -0.3 is 15.2 Å². The van der Waals surface area contributed by atoms with Crippen molar-refractivity contribution in [2.24, 2.45) is 5.73 Å². The first kappa shape index (κ1) is 22.1. The van der Waals surface area contributed by atoms with Crippen LogP contribution in [0.5, 0.6) is 11.5 Å². The van der Waals surface area contributed by atoms with Crippen LogP contribution in [0.4, 0.5) is 0 Å². The van der Waals surface area contributed by atoms with E-state index in [1.54, 1.807) is 30.0 Å². The minimum atomic E-state index is -0.593. The number of benzene rings is 3.